The minimum Gasteiger partial charge on any atom is -0.475 e. The van der Waals surface area contributed by atoms with Crippen LogP contribution in [0.2, 0.25) is 0 Å². The molecular formula is C9H4FIN2O3. The van der Waals surface area contributed by atoms with Crippen molar-refractivity contribution in [1.82, 2.24) is 10.1 Å². The lowest BCUT2D eigenvalue weighted by Crippen LogP contribution is -1.98. The highest BCUT2D eigenvalue weighted by Crippen LogP contribution is 2.25. The molecule has 2 aromatic rings. The fourth-order valence-corrected chi connectivity index (χ4v) is 1.68. The lowest BCUT2D eigenvalue weighted by atomic mass is 10.2. The molecule has 0 saturated heterocycles. The lowest BCUT2D eigenvalue weighted by molar-refractivity contribution is 0.0680. The summed E-state index contributed by atoms with van der Waals surface area (Å²) in [5, 5.41) is 11.9. The molecule has 0 atom stereocenters. The van der Waals surface area contributed by atoms with Crippen LogP contribution < -0.4 is 0 Å². The molecular weight excluding hydrogens is 330 g/mol. The first-order valence-electron chi connectivity index (χ1n) is 4.11. The fraction of sp³-hybridized carbons (Fsp3) is 0. The number of aromatic carboxylic acids is 1. The van der Waals surface area contributed by atoms with Gasteiger partial charge in [-0.3, -0.25) is 0 Å². The zero-order valence-corrected chi connectivity index (χ0v) is 9.80. The number of benzene rings is 1. The van der Waals surface area contributed by atoms with Crippen molar-refractivity contribution in [3.63, 3.8) is 0 Å². The van der Waals surface area contributed by atoms with Crippen molar-refractivity contribution in [3.05, 3.63) is 33.4 Å². The third-order valence-corrected chi connectivity index (χ3v) is 2.90. The summed E-state index contributed by atoms with van der Waals surface area (Å²) in [6.07, 6.45) is 0. The summed E-state index contributed by atoms with van der Waals surface area (Å²) >= 11 is 1.78. The summed E-state index contributed by atoms with van der Waals surface area (Å²) < 4.78 is 18.3. The van der Waals surface area contributed by atoms with Gasteiger partial charge in [0.15, 0.2) is 0 Å². The molecule has 0 radical (unpaired) electrons. The summed E-state index contributed by atoms with van der Waals surface area (Å²) in [7, 11) is 0. The van der Waals surface area contributed by atoms with Crippen molar-refractivity contribution >= 4 is 28.6 Å². The average molecular weight is 334 g/mol. The molecule has 7 heteroatoms. The van der Waals surface area contributed by atoms with Crippen molar-refractivity contribution in [3.8, 4) is 11.5 Å². The van der Waals surface area contributed by atoms with E-state index in [4.69, 9.17) is 9.63 Å². The van der Waals surface area contributed by atoms with Gasteiger partial charge in [0.05, 0.1) is 9.13 Å². The van der Waals surface area contributed by atoms with Gasteiger partial charge in [-0.1, -0.05) is 6.07 Å². The van der Waals surface area contributed by atoms with Gasteiger partial charge >= 0.3 is 5.97 Å². The summed E-state index contributed by atoms with van der Waals surface area (Å²) in [5.41, 5.74) is 0.376. The number of carbonyl (C=O) groups is 1. The van der Waals surface area contributed by atoms with E-state index in [0.717, 1.165) is 0 Å². The van der Waals surface area contributed by atoms with E-state index >= 15 is 0 Å². The number of nitrogens with zero attached hydrogens (tertiary/aromatic N) is 2. The Kier molecular flexibility index (Phi) is 2.86. The molecule has 0 bridgehead atoms. The SMILES string of the molecule is O=C(O)c1noc(-c2cccc(F)c2I)n1. The second-order valence-corrected chi connectivity index (χ2v) is 3.91. The van der Waals surface area contributed by atoms with Crippen molar-refractivity contribution in [1.29, 1.82) is 0 Å². The second-order valence-electron chi connectivity index (χ2n) is 2.83. The number of carboxylic acids is 1. The van der Waals surface area contributed by atoms with Crippen LogP contribution in [0, 0.1) is 9.39 Å². The highest BCUT2D eigenvalue weighted by Gasteiger charge is 2.17. The maximum absolute atomic E-state index is 13.2. The van der Waals surface area contributed by atoms with E-state index in [0.29, 0.717) is 9.13 Å². The Labute approximate surface area is 102 Å². The van der Waals surface area contributed by atoms with Crippen LogP contribution in [0.3, 0.4) is 0 Å². The van der Waals surface area contributed by atoms with Crippen molar-refractivity contribution in [2.24, 2.45) is 0 Å². The molecule has 1 aromatic carbocycles. The minimum absolute atomic E-state index is 0.0127. The molecule has 1 heterocycles. The van der Waals surface area contributed by atoms with Gasteiger partial charge < -0.3 is 9.63 Å². The van der Waals surface area contributed by atoms with Crippen LogP contribution in [0.25, 0.3) is 11.5 Å². The van der Waals surface area contributed by atoms with Gasteiger partial charge in [0.25, 0.3) is 11.7 Å². The first kappa shape index (κ1) is 11.0. The molecule has 0 fully saturated rings. The minimum atomic E-state index is -1.29. The molecule has 0 spiro atoms. The normalized spacial score (nSPS) is 10.4. The Hall–Kier alpha value is -1.51. The fourth-order valence-electron chi connectivity index (χ4n) is 1.09. The Morgan fingerprint density at radius 2 is 2.25 bits per heavy atom. The molecule has 0 saturated carbocycles. The highest BCUT2D eigenvalue weighted by molar-refractivity contribution is 14.1. The molecule has 0 aliphatic rings. The van der Waals surface area contributed by atoms with Crippen LogP contribution in [-0.4, -0.2) is 21.2 Å². The molecule has 1 aromatic heterocycles. The van der Waals surface area contributed by atoms with E-state index in [9.17, 15) is 9.18 Å². The van der Waals surface area contributed by atoms with Gasteiger partial charge in [-0.2, -0.15) is 4.98 Å². The van der Waals surface area contributed by atoms with E-state index in [1.165, 1.54) is 12.1 Å². The summed E-state index contributed by atoms with van der Waals surface area (Å²) in [4.78, 5) is 14.2. The first-order chi connectivity index (χ1) is 7.59. The zero-order valence-electron chi connectivity index (χ0n) is 7.65. The molecule has 0 amide bonds. The van der Waals surface area contributed by atoms with Crippen molar-refractivity contribution < 1.29 is 18.8 Å². The number of rotatable bonds is 2. The monoisotopic (exact) mass is 334 g/mol. The van der Waals surface area contributed by atoms with E-state index in [2.05, 4.69) is 10.1 Å². The molecule has 82 valence electrons. The third kappa shape index (κ3) is 1.90. The molecule has 0 unspecified atom stereocenters. The Balaban J connectivity index is 2.50. The number of aromatic nitrogens is 2. The number of carboxylic acid groups (broad SMARTS) is 1. The largest absolute Gasteiger partial charge is 0.475 e. The highest BCUT2D eigenvalue weighted by atomic mass is 127. The maximum Gasteiger partial charge on any atom is 0.377 e. The molecule has 2 rings (SSSR count). The summed E-state index contributed by atoms with van der Waals surface area (Å²) in [5.74, 6) is -2.18. The molecule has 1 N–H and O–H groups in total. The van der Waals surface area contributed by atoms with Gasteiger partial charge in [0.1, 0.15) is 5.82 Å². The molecule has 0 aliphatic heterocycles. The molecule has 5 nitrogen and oxygen atoms in total. The predicted molar refractivity (Wildman–Crippen MR) is 59.4 cm³/mol. The van der Waals surface area contributed by atoms with E-state index < -0.39 is 17.6 Å². The van der Waals surface area contributed by atoms with E-state index in [-0.39, 0.29) is 5.89 Å². The molecule has 0 aliphatic carbocycles. The lowest BCUT2D eigenvalue weighted by Gasteiger charge is -1.98. The first-order valence-corrected chi connectivity index (χ1v) is 5.19. The number of hydrogen-bond donors (Lipinski definition) is 1. The van der Waals surface area contributed by atoms with Gasteiger partial charge in [-0.15, -0.1) is 0 Å². The maximum atomic E-state index is 13.2. The smallest absolute Gasteiger partial charge is 0.377 e. The third-order valence-electron chi connectivity index (χ3n) is 1.80. The Morgan fingerprint density at radius 1 is 1.50 bits per heavy atom. The Bertz CT molecular complexity index is 555. The van der Waals surface area contributed by atoms with Crippen LogP contribution >= 0.6 is 22.6 Å². The van der Waals surface area contributed by atoms with Gasteiger partial charge in [0, 0.05) is 0 Å². The van der Waals surface area contributed by atoms with Gasteiger partial charge in [-0.05, 0) is 39.9 Å². The second kappa shape index (κ2) is 4.16. The zero-order chi connectivity index (χ0) is 11.7. The van der Waals surface area contributed by atoms with Crippen LogP contribution in [-0.2, 0) is 0 Å². The topological polar surface area (TPSA) is 76.2 Å². The average Bonchev–Trinajstić information content (AvgIpc) is 2.71. The summed E-state index contributed by atoms with van der Waals surface area (Å²) in [6, 6.07) is 4.35. The van der Waals surface area contributed by atoms with E-state index in [1.54, 1.807) is 28.7 Å². The van der Waals surface area contributed by atoms with Crippen LogP contribution in [0.15, 0.2) is 22.7 Å². The predicted octanol–water partition coefficient (Wildman–Crippen LogP) is 2.18. The van der Waals surface area contributed by atoms with Crippen molar-refractivity contribution in [2.75, 3.05) is 0 Å². The van der Waals surface area contributed by atoms with Crippen LogP contribution in [0.5, 0.6) is 0 Å². The van der Waals surface area contributed by atoms with Crippen LogP contribution in [0.4, 0.5) is 4.39 Å². The quantitative estimate of drug-likeness (QED) is 0.852. The standard InChI is InChI=1S/C9H4FIN2O3/c10-5-3-1-2-4(6(5)11)8-12-7(9(14)15)13-16-8/h1-3H,(H,14,15). The number of halogens is 2. The Morgan fingerprint density at radius 3 is 2.88 bits per heavy atom. The van der Waals surface area contributed by atoms with Crippen molar-refractivity contribution in [2.45, 2.75) is 0 Å². The van der Waals surface area contributed by atoms with Crippen LogP contribution in [0.1, 0.15) is 10.6 Å². The van der Waals surface area contributed by atoms with Gasteiger partial charge in [0.2, 0.25) is 0 Å². The van der Waals surface area contributed by atoms with Gasteiger partial charge in [-0.25, -0.2) is 9.18 Å². The van der Waals surface area contributed by atoms with E-state index in [1.807, 2.05) is 0 Å². The summed E-state index contributed by atoms with van der Waals surface area (Å²) in [6.45, 7) is 0. The number of hydrogen-bond acceptors (Lipinski definition) is 4. The molecule has 16 heavy (non-hydrogen) atoms.